The first-order chi connectivity index (χ1) is 11.2. The first-order valence-corrected chi connectivity index (χ1v) is 8.80. The maximum atomic E-state index is 13.0. The van der Waals surface area contributed by atoms with Crippen LogP contribution in [0.25, 0.3) is 0 Å². The van der Waals surface area contributed by atoms with Gasteiger partial charge in [0.2, 0.25) is 11.8 Å². The van der Waals surface area contributed by atoms with Crippen molar-refractivity contribution in [2.24, 2.45) is 5.92 Å². The second kappa shape index (κ2) is 5.98. The Balaban J connectivity index is 1.44. The van der Waals surface area contributed by atoms with Crippen LogP contribution in [0.1, 0.15) is 38.5 Å². The van der Waals surface area contributed by atoms with Crippen molar-refractivity contribution >= 4 is 11.8 Å². The molecule has 2 saturated heterocycles. The molecule has 4 rings (SSSR count). The smallest absolute Gasteiger partial charge is 0.228 e. The number of piperidine rings is 1. The highest BCUT2D eigenvalue weighted by molar-refractivity contribution is 5.89. The molecule has 124 valence electrons. The average molecular weight is 316 g/mol. The second-order valence-corrected chi connectivity index (χ2v) is 7.09. The number of carbonyl (C=O) groups excluding carboxylic acids is 2. The third-order valence-electron chi connectivity index (χ3n) is 5.36. The molecule has 0 unspecified atom stereocenters. The standard InChI is InChI=1S/C17H24N4O2/c22-16-10-13(11-21(16)14-5-6-14)17(23)20-9-2-1-4-15(20)12-19-8-3-7-18-19/h3,7-8,13-15H,1-2,4-6,9-12H2/t13-,15-/m0/s1. The fourth-order valence-corrected chi connectivity index (χ4v) is 3.98. The van der Waals surface area contributed by atoms with Crippen LogP contribution in [0.5, 0.6) is 0 Å². The molecule has 0 N–H and O–H groups in total. The summed E-state index contributed by atoms with van der Waals surface area (Å²) in [5.41, 5.74) is 0. The molecule has 0 radical (unpaired) electrons. The van der Waals surface area contributed by atoms with E-state index in [1.807, 2.05) is 26.7 Å². The van der Waals surface area contributed by atoms with E-state index in [1.165, 1.54) is 0 Å². The number of nitrogens with zero attached hydrogens (tertiary/aromatic N) is 4. The Morgan fingerprint density at radius 3 is 2.87 bits per heavy atom. The minimum atomic E-state index is -0.138. The molecule has 0 bridgehead atoms. The van der Waals surface area contributed by atoms with E-state index in [1.54, 1.807) is 6.20 Å². The third-order valence-corrected chi connectivity index (χ3v) is 5.36. The van der Waals surface area contributed by atoms with Crippen molar-refractivity contribution in [3.63, 3.8) is 0 Å². The number of hydrogen-bond acceptors (Lipinski definition) is 3. The topological polar surface area (TPSA) is 58.4 Å². The zero-order chi connectivity index (χ0) is 15.8. The predicted octanol–water partition coefficient (Wildman–Crippen LogP) is 1.28. The number of likely N-dealkylation sites (tertiary alicyclic amines) is 2. The molecule has 1 aromatic heterocycles. The van der Waals surface area contributed by atoms with Gasteiger partial charge in [0.25, 0.3) is 0 Å². The zero-order valence-corrected chi connectivity index (χ0v) is 13.4. The molecular weight excluding hydrogens is 292 g/mol. The van der Waals surface area contributed by atoms with Gasteiger partial charge >= 0.3 is 0 Å². The number of rotatable bonds is 4. The summed E-state index contributed by atoms with van der Waals surface area (Å²) in [5, 5.41) is 4.27. The van der Waals surface area contributed by atoms with E-state index in [4.69, 9.17) is 0 Å². The van der Waals surface area contributed by atoms with E-state index in [0.717, 1.165) is 45.2 Å². The fourth-order valence-electron chi connectivity index (χ4n) is 3.98. The van der Waals surface area contributed by atoms with Gasteiger partial charge in [-0.1, -0.05) is 0 Å². The van der Waals surface area contributed by atoms with Crippen LogP contribution in [0.15, 0.2) is 18.5 Å². The van der Waals surface area contributed by atoms with Crippen molar-refractivity contribution in [3.8, 4) is 0 Å². The van der Waals surface area contributed by atoms with Gasteiger partial charge in [-0.15, -0.1) is 0 Å². The van der Waals surface area contributed by atoms with E-state index in [0.29, 0.717) is 19.0 Å². The summed E-state index contributed by atoms with van der Waals surface area (Å²) >= 11 is 0. The quantitative estimate of drug-likeness (QED) is 0.841. The lowest BCUT2D eigenvalue weighted by molar-refractivity contribution is -0.139. The summed E-state index contributed by atoms with van der Waals surface area (Å²) in [5.74, 6) is 0.214. The molecular formula is C17H24N4O2. The van der Waals surface area contributed by atoms with Gasteiger partial charge in [-0.2, -0.15) is 5.10 Å². The van der Waals surface area contributed by atoms with Crippen LogP contribution in [-0.4, -0.2) is 56.6 Å². The van der Waals surface area contributed by atoms with Gasteiger partial charge in [-0.3, -0.25) is 14.3 Å². The summed E-state index contributed by atoms with van der Waals surface area (Å²) in [4.78, 5) is 29.1. The number of hydrogen-bond donors (Lipinski definition) is 0. The molecule has 6 nitrogen and oxygen atoms in total. The monoisotopic (exact) mass is 316 g/mol. The highest BCUT2D eigenvalue weighted by atomic mass is 16.2. The molecule has 0 spiro atoms. The second-order valence-electron chi connectivity index (χ2n) is 7.09. The molecule has 2 atom stereocenters. The van der Waals surface area contributed by atoms with Gasteiger partial charge in [0.15, 0.2) is 0 Å². The molecule has 3 aliphatic rings. The highest BCUT2D eigenvalue weighted by Gasteiger charge is 2.43. The van der Waals surface area contributed by atoms with Crippen molar-refractivity contribution in [1.82, 2.24) is 19.6 Å². The van der Waals surface area contributed by atoms with E-state index in [2.05, 4.69) is 5.10 Å². The predicted molar refractivity (Wildman–Crippen MR) is 84.4 cm³/mol. The van der Waals surface area contributed by atoms with Crippen molar-refractivity contribution in [3.05, 3.63) is 18.5 Å². The first kappa shape index (κ1) is 14.7. The van der Waals surface area contributed by atoms with Gasteiger partial charge in [0, 0.05) is 37.9 Å². The van der Waals surface area contributed by atoms with Crippen LogP contribution >= 0.6 is 0 Å². The van der Waals surface area contributed by atoms with Crippen LogP contribution in [0.3, 0.4) is 0 Å². The van der Waals surface area contributed by atoms with Gasteiger partial charge < -0.3 is 9.80 Å². The van der Waals surface area contributed by atoms with Crippen molar-refractivity contribution < 1.29 is 9.59 Å². The zero-order valence-electron chi connectivity index (χ0n) is 13.4. The van der Waals surface area contributed by atoms with Crippen LogP contribution in [0.4, 0.5) is 0 Å². The maximum Gasteiger partial charge on any atom is 0.228 e. The highest BCUT2D eigenvalue weighted by Crippen LogP contribution is 2.34. The molecule has 0 aromatic carbocycles. The summed E-state index contributed by atoms with van der Waals surface area (Å²) in [6.45, 7) is 2.21. The van der Waals surface area contributed by atoms with Gasteiger partial charge in [0.1, 0.15) is 0 Å². The third kappa shape index (κ3) is 2.99. The molecule has 1 aliphatic carbocycles. The lowest BCUT2D eigenvalue weighted by Crippen LogP contribution is -2.48. The maximum absolute atomic E-state index is 13.0. The Bertz CT molecular complexity index is 581. The average Bonchev–Trinajstić information content (AvgIpc) is 3.13. The molecule has 2 amide bonds. The fraction of sp³-hybridized carbons (Fsp3) is 0.706. The summed E-state index contributed by atoms with van der Waals surface area (Å²) in [6.07, 6.45) is 9.60. The molecule has 1 aromatic rings. The summed E-state index contributed by atoms with van der Waals surface area (Å²) in [7, 11) is 0. The lowest BCUT2D eigenvalue weighted by Gasteiger charge is -2.37. The van der Waals surface area contributed by atoms with Crippen LogP contribution in [-0.2, 0) is 16.1 Å². The van der Waals surface area contributed by atoms with E-state index in [9.17, 15) is 9.59 Å². The normalized spacial score (nSPS) is 28.4. The molecule has 2 aliphatic heterocycles. The van der Waals surface area contributed by atoms with E-state index < -0.39 is 0 Å². The Kier molecular flexibility index (Phi) is 3.83. The van der Waals surface area contributed by atoms with Crippen LogP contribution in [0.2, 0.25) is 0 Å². The van der Waals surface area contributed by atoms with Gasteiger partial charge in [-0.25, -0.2) is 0 Å². The number of amides is 2. The Morgan fingerprint density at radius 1 is 1.26 bits per heavy atom. The summed E-state index contributed by atoms with van der Waals surface area (Å²) in [6, 6.07) is 2.54. The molecule has 3 fully saturated rings. The van der Waals surface area contributed by atoms with Gasteiger partial charge in [0.05, 0.1) is 18.5 Å². The van der Waals surface area contributed by atoms with Crippen LogP contribution in [0, 0.1) is 5.92 Å². The SMILES string of the molecule is O=C1C[C@H](C(=O)N2CCCC[C@H]2Cn2cccn2)CN1C1CC1. The Labute approximate surface area is 136 Å². The van der Waals surface area contributed by atoms with Crippen molar-refractivity contribution in [1.29, 1.82) is 0 Å². The molecule has 1 saturated carbocycles. The first-order valence-electron chi connectivity index (χ1n) is 8.80. The van der Waals surface area contributed by atoms with Crippen molar-refractivity contribution in [2.45, 2.75) is 57.2 Å². The van der Waals surface area contributed by atoms with E-state index in [-0.39, 0.29) is 23.8 Å². The lowest BCUT2D eigenvalue weighted by atomic mass is 9.98. The largest absolute Gasteiger partial charge is 0.339 e. The van der Waals surface area contributed by atoms with Crippen LogP contribution < -0.4 is 0 Å². The molecule has 3 heterocycles. The number of aromatic nitrogens is 2. The Hall–Kier alpha value is -1.85. The van der Waals surface area contributed by atoms with Gasteiger partial charge in [-0.05, 0) is 38.2 Å². The minimum absolute atomic E-state index is 0.138. The van der Waals surface area contributed by atoms with Crippen molar-refractivity contribution in [2.75, 3.05) is 13.1 Å². The van der Waals surface area contributed by atoms with E-state index >= 15 is 0 Å². The Morgan fingerprint density at radius 2 is 2.13 bits per heavy atom. The number of carbonyl (C=O) groups is 2. The molecule has 23 heavy (non-hydrogen) atoms. The summed E-state index contributed by atoms with van der Waals surface area (Å²) < 4.78 is 1.91. The molecule has 6 heteroatoms. The minimum Gasteiger partial charge on any atom is -0.339 e.